The van der Waals surface area contributed by atoms with Crippen LogP contribution in [0.25, 0.3) is 0 Å². The number of para-hydroxylation sites is 1. The van der Waals surface area contributed by atoms with Crippen molar-refractivity contribution in [2.45, 2.75) is 25.4 Å². The second-order valence-corrected chi connectivity index (χ2v) is 5.82. The van der Waals surface area contributed by atoms with E-state index in [1.54, 1.807) is 11.0 Å². The Morgan fingerprint density at radius 2 is 1.87 bits per heavy atom. The van der Waals surface area contributed by atoms with Gasteiger partial charge in [0.25, 0.3) is 0 Å². The highest BCUT2D eigenvalue weighted by Crippen LogP contribution is 2.18. The van der Waals surface area contributed by atoms with Crippen LogP contribution in [0.15, 0.2) is 24.3 Å². The zero-order valence-electron chi connectivity index (χ0n) is 13.0. The molecule has 0 unspecified atom stereocenters. The summed E-state index contributed by atoms with van der Waals surface area (Å²) < 4.78 is 37.3. The standard InChI is InChI=1S/C16H22F3N3O/c17-16(18,19)12-21-8-3-9-22(11-10-21)15(23)7-6-13-4-1-2-5-14(13)20/h1-2,4-5H,3,6-12,20H2. The van der Waals surface area contributed by atoms with Gasteiger partial charge in [-0.05, 0) is 24.5 Å². The topological polar surface area (TPSA) is 49.6 Å². The van der Waals surface area contributed by atoms with Gasteiger partial charge < -0.3 is 10.6 Å². The first-order valence-corrected chi connectivity index (χ1v) is 7.75. The molecule has 7 heteroatoms. The summed E-state index contributed by atoms with van der Waals surface area (Å²) in [6.45, 7) is 0.583. The highest BCUT2D eigenvalue weighted by Gasteiger charge is 2.31. The number of carbonyl (C=O) groups is 1. The summed E-state index contributed by atoms with van der Waals surface area (Å²) in [5.74, 6) is -0.0258. The number of nitrogen functional groups attached to an aromatic ring is 1. The van der Waals surface area contributed by atoms with Gasteiger partial charge in [-0.15, -0.1) is 0 Å². The molecule has 128 valence electrons. The van der Waals surface area contributed by atoms with Crippen LogP contribution in [-0.4, -0.2) is 54.6 Å². The molecule has 0 bridgehead atoms. The smallest absolute Gasteiger partial charge is 0.399 e. The molecule has 1 aromatic carbocycles. The molecular weight excluding hydrogens is 307 g/mol. The Morgan fingerprint density at radius 1 is 1.13 bits per heavy atom. The van der Waals surface area contributed by atoms with E-state index in [0.717, 1.165) is 5.56 Å². The zero-order valence-corrected chi connectivity index (χ0v) is 13.0. The maximum absolute atomic E-state index is 12.4. The van der Waals surface area contributed by atoms with E-state index < -0.39 is 12.7 Å². The molecule has 1 fully saturated rings. The van der Waals surface area contributed by atoms with E-state index >= 15 is 0 Å². The predicted octanol–water partition coefficient (Wildman–Crippen LogP) is 2.30. The van der Waals surface area contributed by atoms with Crippen molar-refractivity contribution in [2.75, 3.05) is 38.5 Å². The number of halogens is 3. The van der Waals surface area contributed by atoms with E-state index in [2.05, 4.69) is 0 Å². The summed E-state index contributed by atoms with van der Waals surface area (Å²) in [6, 6.07) is 7.39. The van der Waals surface area contributed by atoms with E-state index in [4.69, 9.17) is 5.73 Å². The molecule has 0 aliphatic carbocycles. The first-order chi connectivity index (χ1) is 10.8. The van der Waals surface area contributed by atoms with Crippen LogP contribution in [0.3, 0.4) is 0 Å². The highest BCUT2D eigenvalue weighted by atomic mass is 19.4. The average Bonchev–Trinajstić information content (AvgIpc) is 2.70. The number of nitrogens with zero attached hydrogens (tertiary/aromatic N) is 2. The quantitative estimate of drug-likeness (QED) is 0.863. The third-order valence-corrected chi connectivity index (χ3v) is 4.01. The van der Waals surface area contributed by atoms with Gasteiger partial charge in [-0.2, -0.15) is 13.2 Å². The molecule has 0 radical (unpaired) electrons. The lowest BCUT2D eigenvalue weighted by molar-refractivity contribution is -0.145. The molecule has 1 heterocycles. The first-order valence-electron chi connectivity index (χ1n) is 7.75. The normalized spacial score (nSPS) is 17.1. The third-order valence-electron chi connectivity index (χ3n) is 4.01. The van der Waals surface area contributed by atoms with Crippen molar-refractivity contribution < 1.29 is 18.0 Å². The molecule has 2 N–H and O–H groups in total. The maximum atomic E-state index is 12.4. The first kappa shape index (κ1) is 17.6. The minimum Gasteiger partial charge on any atom is -0.399 e. The van der Waals surface area contributed by atoms with Crippen LogP contribution in [0.5, 0.6) is 0 Å². The Kier molecular flexibility index (Phi) is 5.87. The number of benzene rings is 1. The fourth-order valence-corrected chi connectivity index (χ4v) is 2.79. The number of alkyl halides is 3. The lowest BCUT2D eigenvalue weighted by Crippen LogP contribution is -2.38. The minimum absolute atomic E-state index is 0.0258. The zero-order chi connectivity index (χ0) is 16.9. The highest BCUT2D eigenvalue weighted by molar-refractivity contribution is 5.76. The van der Waals surface area contributed by atoms with Gasteiger partial charge in [0.15, 0.2) is 0 Å². The van der Waals surface area contributed by atoms with E-state index in [1.807, 2.05) is 18.2 Å². The molecule has 1 amide bonds. The van der Waals surface area contributed by atoms with Crippen LogP contribution in [0.4, 0.5) is 18.9 Å². The molecule has 0 spiro atoms. The molecule has 0 atom stereocenters. The number of anilines is 1. The van der Waals surface area contributed by atoms with E-state index in [-0.39, 0.29) is 12.5 Å². The molecule has 23 heavy (non-hydrogen) atoms. The second-order valence-electron chi connectivity index (χ2n) is 5.82. The third kappa shape index (κ3) is 5.74. The Labute approximate surface area is 134 Å². The summed E-state index contributed by atoms with van der Waals surface area (Å²) in [5, 5.41) is 0. The van der Waals surface area contributed by atoms with Crippen molar-refractivity contribution in [1.29, 1.82) is 0 Å². The number of amides is 1. The van der Waals surface area contributed by atoms with Gasteiger partial charge in [-0.3, -0.25) is 9.69 Å². The van der Waals surface area contributed by atoms with Crippen molar-refractivity contribution in [3.8, 4) is 0 Å². The summed E-state index contributed by atoms with van der Waals surface area (Å²) in [4.78, 5) is 15.3. The van der Waals surface area contributed by atoms with Crippen molar-refractivity contribution in [1.82, 2.24) is 9.80 Å². The fourth-order valence-electron chi connectivity index (χ4n) is 2.79. The van der Waals surface area contributed by atoms with Gasteiger partial charge >= 0.3 is 6.18 Å². The van der Waals surface area contributed by atoms with Crippen LogP contribution >= 0.6 is 0 Å². The minimum atomic E-state index is -4.19. The molecular formula is C16H22F3N3O. The number of nitrogens with two attached hydrogens (primary N) is 1. The van der Waals surface area contributed by atoms with Gasteiger partial charge in [-0.1, -0.05) is 18.2 Å². The van der Waals surface area contributed by atoms with Crippen LogP contribution in [-0.2, 0) is 11.2 Å². The summed E-state index contributed by atoms with van der Waals surface area (Å²) in [7, 11) is 0. The monoisotopic (exact) mass is 329 g/mol. The lowest BCUT2D eigenvalue weighted by atomic mass is 10.1. The number of rotatable bonds is 4. The second kappa shape index (κ2) is 7.68. The number of hydrogen-bond acceptors (Lipinski definition) is 3. The molecule has 0 aromatic heterocycles. The molecule has 0 saturated carbocycles. The van der Waals surface area contributed by atoms with Gasteiger partial charge in [0.05, 0.1) is 6.54 Å². The Balaban J connectivity index is 1.82. The van der Waals surface area contributed by atoms with Crippen molar-refractivity contribution >= 4 is 11.6 Å². The number of aryl methyl sites for hydroxylation is 1. The predicted molar refractivity (Wildman–Crippen MR) is 82.9 cm³/mol. The van der Waals surface area contributed by atoms with Gasteiger partial charge in [0, 0.05) is 38.3 Å². The Morgan fingerprint density at radius 3 is 2.57 bits per heavy atom. The summed E-state index contributed by atoms with van der Waals surface area (Å²) in [5.41, 5.74) is 7.43. The molecule has 1 saturated heterocycles. The van der Waals surface area contributed by atoms with Gasteiger partial charge in [0.2, 0.25) is 5.91 Å². The molecule has 2 rings (SSSR count). The SMILES string of the molecule is Nc1ccccc1CCC(=O)N1CCCN(CC(F)(F)F)CC1. The Hall–Kier alpha value is -1.76. The van der Waals surface area contributed by atoms with E-state index in [1.165, 1.54) is 4.90 Å². The number of carbonyl (C=O) groups excluding carboxylic acids is 1. The lowest BCUT2D eigenvalue weighted by Gasteiger charge is -2.23. The van der Waals surface area contributed by atoms with Gasteiger partial charge in [0.1, 0.15) is 0 Å². The largest absolute Gasteiger partial charge is 0.401 e. The molecule has 4 nitrogen and oxygen atoms in total. The van der Waals surface area contributed by atoms with E-state index in [0.29, 0.717) is 44.6 Å². The van der Waals surface area contributed by atoms with Crippen LogP contribution in [0.1, 0.15) is 18.4 Å². The van der Waals surface area contributed by atoms with Crippen molar-refractivity contribution in [3.05, 3.63) is 29.8 Å². The maximum Gasteiger partial charge on any atom is 0.401 e. The van der Waals surface area contributed by atoms with Gasteiger partial charge in [-0.25, -0.2) is 0 Å². The fraction of sp³-hybridized carbons (Fsp3) is 0.562. The van der Waals surface area contributed by atoms with Crippen molar-refractivity contribution in [3.63, 3.8) is 0 Å². The van der Waals surface area contributed by atoms with Crippen molar-refractivity contribution in [2.24, 2.45) is 0 Å². The van der Waals surface area contributed by atoms with Crippen LogP contribution < -0.4 is 5.73 Å². The average molecular weight is 329 g/mol. The molecule has 1 aromatic rings. The Bertz CT molecular complexity index is 534. The summed E-state index contributed by atoms with van der Waals surface area (Å²) >= 11 is 0. The van der Waals surface area contributed by atoms with Crippen LogP contribution in [0, 0.1) is 0 Å². The number of hydrogen-bond donors (Lipinski definition) is 1. The van der Waals surface area contributed by atoms with E-state index in [9.17, 15) is 18.0 Å². The van der Waals surface area contributed by atoms with Crippen LogP contribution in [0.2, 0.25) is 0 Å². The summed E-state index contributed by atoms with van der Waals surface area (Å²) in [6.07, 6.45) is -2.75. The molecule has 1 aliphatic rings. The molecule has 1 aliphatic heterocycles.